The summed E-state index contributed by atoms with van der Waals surface area (Å²) in [5.41, 5.74) is 1.23. The van der Waals surface area contributed by atoms with Crippen LogP contribution in [0.1, 0.15) is 19.8 Å². The molecule has 0 radical (unpaired) electrons. The zero-order valence-corrected chi connectivity index (χ0v) is 6.83. The first-order chi connectivity index (χ1) is 5.29. The van der Waals surface area contributed by atoms with Crippen LogP contribution in [-0.4, -0.2) is 11.2 Å². The first-order valence-corrected chi connectivity index (χ1v) is 3.96. The highest BCUT2D eigenvalue weighted by atomic mass is 16.3. The van der Waals surface area contributed by atoms with Gasteiger partial charge in [-0.2, -0.15) is 0 Å². The molecule has 0 fully saturated rings. The second-order valence-corrected chi connectivity index (χ2v) is 2.92. The second kappa shape index (κ2) is 4.14. The standard InChI is InChI=1S/C10H14O/c1-9-6-4-2-3-5-7-10(11)8-9/h2-6,10-11H,7-8H2,1H3/b4-2-,5-3+,9-6+. The smallest absolute Gasteiger partial charge is 0.0611 e. The van der Waals surface area contributed by atoms with E-state index in [1.807, 2.05) is 37.3 Å². The Morgan fingerprint density at radius 3 is 3.00 bits per heavy atom. The predicted octanol–water partition coefficient (Wildman–Crippen LogP) is 2.20. The van der Waals surface area contributed by atoms with Crippen LogP contribution in [0.2, 0.25) is 0 Å². The fourth-order valence-electron chi connectivity index (χ4n) is 1.12. The molecule has 1 N–H and O–H groups in total. The van der Waals surface area contributed by atoms with E-state index in [-0.39, 0.29) is 6.10 Å². The Morgan fingerprint density at radius 1 is 1.36 bits per heavy atom. The van der Waals surface area contributed by atoms with E-state index in [1.54, 1.807) is 0 Å². The van der Waals surface area contributed by atoms with Gasteiger partial charge >= 0.3 is 0 Å². The molecule has 1 atom stereocenters. The van der Waals surface area contributed by atoms with Gasteiger partial charge in [-0.3, -0.25) is 0 Å². The van der Waals surface area contributed by atoms with Crippen LogP contribution in [0.3, 0.4) is 0 Å². The molecule has 1 aliphatic rings. The van der Waals surface area contributed by atoms with Crippen molar-refractivity contribution < 1.29 is 5.11 Å². The van der Waals surface area contributed by atoms with E-state index in [4.69, 9.17) is 0 Å². The molecule has 0 aromatic heterocycles. The summed E-state index contributed by atoms with van der Waals surface area (Å²) in [5, 5.41) is 9.39. The quantitative estimate of drug-likeness (QED) is 0.561. The molecule has 0 bridgehead atoms. The van der Waals surface area contributed by atoms with Gasteiger partial charge in [0.25, 0.3) is 0 Å². The van der Waals surface area contributed by atoms with Gasteiger partial charge < -0.3 is 5.11 Å². The van der Waals surface area contributed by atoms with Crippen molar-refractivity contribution in [3.05, 3.63) is 36.0 Å². The molecule has 0 saturated heterocycles. The average Bonchev–Trinajstić information content (AvgIpc) is 2.02. The van der Waals surface area contributed by atoms with E-state index in [1.165, 1.54) is 5.57 Å². The molecule has 1 heteroatoms. The molecule has 0 aromatic rings. The fraction of sp³-hybridized carbons (Fsp3) is 0.400. The first kappa shape index (κ1) is 8.28. The molecule has 0 heterocycles. The molecule has 60 valence electrons. The molecule has 1 nitrogen and oxygen atoms in total. The summed E-state index contributed by atoms with van der Waals surface area (Å²) in [7, 11) is 0. The minimum Gasteiger partial charge on any atom is -0.392 e. The molecule has 0 saturated carbocycles. The maximum Gasteiger partial charge on any atom is 0.0611 e. The lowest BCUT2D eigenvalue weighted by Gasteiger charge is -2.06. The highest BCUT2D eigenvalue weighted by Gasteiger charge is 2.01. The Labute approximate surface area is 67.7 Å². The summed E-state index contributed by atoms with van der Waals surface area (Å²) in [6.45, 7) is 2.04. The van der Waals surface area contributed by atoms with Crippen LogP contribution in [0.5, 0.6) is 0 Å². The van der Waals surface area contributed by atoms with Gasteiger partial charge in [-0.25, -0.2) is 0 Å². The number of allylic oxidation sites excluding steroid dienone is 4. The lowest BCUT2D eigenvalue weighted by molar-refractivity contribution is 0.178. The Balaban J connectivity index is 2.65. The maximum absolute atomic E-state index is 9.39. The maximum atomic E-state index is 9.39. The lowest BCUT2D eigenvalue weighted by atomic mass is 10.1. The van der Waals surface area contributed by atoms with Crippen LogP contribution in [0, 0.1) is 0 Å². The minimum atomic E-state index is -0.206. The molecule has 0 aliphatic heterocycles. The molecular weight excluding hydrogens is 136 g/mol. The van der Waals surface area contributed by atoms with Crippen LogP contribution >= 0.6 is 0 Å². The van der Waals surface area contributed by atoms with Crippen molar-refractivity contribution in [3.8, 4) is 0 Å². The van der Waals surface area contributed by atoms with E-state index >= 15 is 0 Å². The van der Waals surface area contributed by atoms with E-state index in [9.17, 15) is 5.11 Å². The van der Waals surface area contributed by atoms with Gasteiger partial charge in [-0.15, -0.1) is 0 Å². The minimum absolute atomic E-state index is 0.206. The van der Waals surface area contributed by atoms with Crippen LogP contribution in [-0.2, 0) is 0 Å². The molecule has 0 spiro atoms. The first-order valence-electron chi connectivity index (χ1n) is 3.96. The highest BCUT2D eigenvalue weighted by Crippen LogP contribution is 2.09. The summed E-state index contributed by atoms with van der Waals surface area (Å²) in [5.74, 6) is 0. The topological polar surface area (TPSA) is 20.2 Å². The van der Waals surface area contributed by atoms with Gasteiger partial charge in [0.2, 0.25) is 0 Å². The van der Waals surface area contributed by atoms with Gasteiger partial charge in [-0.05, 0) is 19.8 Å². The lowest BCUT2D eigenvalue weighted by Crippen LogP contribution is -2.04. The Morgan fingerprint density at radius 2 is 2.18 bits per heavy atom. The normalized spacial score (nSPS) is 35.8. The largest absolute Gasteiger partial charge is 0.392 e. The van der Waals surface area contributed by atoms with Crippen molar-refractivity contribution in [2.45, 2.75) is 25.9 Å². The molecule has 11 heavy (non-hydrogen) atoms. The van der Waals surface area contributed by atoms with Crippen LogP contribution < -0.4 is 0 Å². The van der Waals surface area contributed by atoms with Crippen molar-refractivity contribution in [2.75, 3.05) is 0 Å². The monoisotopic (exact) mass is 150 g/mol. The van der Waals surface area contributed by atoms with Crippen LogP contribution in [0.4, 0.5) is 0 Å². The van der Waals surface area contributed by atoms with Gasteiger partial charge in [0.15, 0.2) is 0 Å². The number of rotatable bonds is 0. The van der Waals surface area contributed by atoms with Gasteiger partial charge in [-0.1, -0.05) is 36.0 Å². The number of aliphatic hydroxyl groups excluding tert-OH is 1. The number of aliphatic hydroxyl groups is 1. The molecular formula is C10H14O. The van der Waals surface area contributed by atoms with Gasteiger partial charge in [0.1, 0.15) is 0 Å². The van der Waals surface area contributed by atoms with Crippen LogP contribution in [0.25, 0.3) is 0 Å². The summed E-state index contributed by atoms with van der Waals surface area (Å²) < 4.78 is 0. The third kappa shape index (κ3) is 3.19. The zero-order chi connectivity index (χ0) is 8.10. The zero-order valence-electron chi connectivity index (χ0n) is 6.83. The third-order valence-electron chi connectivity index (χ3n) is 1.70. The SMILES string of the molecule is C\C1=C/C=C\C=C\CC(O)C1. The Bertz CT molecular complexity index is 199. The molecule has 0 aromatic carbocycles. The number of hydrogen-bond acceptors (Lipinski definition) is 1. The summed E-state index contributed by atoms with van der Waals surface area (Å²) in [6, 6.07) is 0. The molecule has 1 rings (SSSR count). The predicted molar refractivity (Wildman–Crippen MR) is 47.3 cm³/mol. The number of hydrogen-bond donors (Lipinski definition) is 1. The van der Waals surface area contributed by atoms with E-state index in [0.717, 1.165) is 12.8 Å². The summed E-state index contributed by atoms with van der Waals surface area (Å²) in [4.78, 5) is 0. The average molecular weight is 150 g/mol. The second-order valence-electron chi connectivity index (χ2n) is 2.92. The van der Waals surface area contributed by atoms with Crippen molar-refractivity contribution in [3.63, 3.8) is 0 Å². The molecule has 1 unspecified atom stereocenters. The van der Waals surface area contributed by atoms with Crippen molar-refractivity contribution >= 4 is 0 Å². The van der Waals surface area contributed by atoms with E-state index in [0.29, 0.717) is 0 Å². The van der Waals surface area contributed by atoms with E-state index < -0.39 is 0 Å². The highest BCUT2D eigenvalue weighted by molar-refractivity contribution is 5.17. The third-order valence-corrected chi connectivity index (χ3v) is 1.70. The van der Waals surface area contributed by atoms with Gasteiger partial charge in [0.05, 0.1) is 6.10 Å². The summed E-state index contributed by atoms with van der Waals surface area (Å²) in [6.07, 6.45) is 11.3. The van der Waals surface area contributed by atoms with Crippen molar-refractivity contribution in [2.24, 2.45) is 0 Å². The van der Waals surface area contributed by atoms with Gasteiger partial charge in [0, 0.05) is 0 Å². The van der Waals surface area contributed by atoms with Crippen molar-refractivity contribution in [1.82, 2.24) is 0 Å². The Hall–Kier alpha value is -0.820. The molecule has 0 amide bonds. The van der Waals surface area contributed by atoms with E-state index in [2.05, 4.69) is 0 Å². The fourth-order valence-corrected chi connectivity index (χ4v) is 1.12. The summed E-state index contributed by atoms with van der Waals surface area (Å²) >= 11 is 0. The Kier molecular flexibility index (Phi) is 3.12. The van der Waals surface area contributed by atoms with Crippen molar-refractivity contribution in [1.29, 1.82) is 0 Å². The van der Waals surface area contributed by atoms with Crippen LogP contribution in [0.15, 0.2) is 36.0 Å². The molecule has 1 aliphatic carbocycles.